The van der Waals surface area contributed by atoms with E-state index in [0.717, 1.165) is 17.7 Å². The quantitative estimate of drug-likeness (QED) is 0.489. The SMILES string of the molecule is CCCCN(CCC(=O)OCC)C(=O)C(C)N1C(=O)c2ccccc2C1=O. The number of unbranched alkanes of at least 4 members (excludes halogenated alkanes) is 1. The number of rotatable bonds is 9. The lowest BCUT2D eigenvalue weighted by Gasteiger charge is -2.29. The molecule has 7 heteroatoms. The van der Waals surface area contributed by atoms with Gasteiger partial charge in [0, 0.05) is 13.1 Å². The molecule has 27 heavy (non-hydrogen) atoms. The van der Waals surface area contributed by atoms with E-state index >= 15 is 0 Å². The van der Waals surface area contributed by atoms with E-state index in [9.17, 15) is 19.2 Å². The van der Waals surface area contributed by atoms with Gasteiger partial charge in [0.1, 0.15) is 6.04 Å². The highest BCUT2D eigenvalue weighted by atomic mass is 16.5. The minimum atomic E-state index is -0.934. The van der Waals surface area contributed by atoms with Crippen LogP contribution in [0.25, 0.3) is 0 Å². The Balaban J connectivity index is 2.13. The van der Waals surface area contributed by atoms with E-state index in [1.165, 1.54) is 4.90 Å². The summed E-state index contributed by atoms with van der Waals surface area (Å²) in [6, 6.07) is 5.61. The Kier molecular flexibility index (Phi) is 7.10. The molecular formula is C20H26N2O5. The summed E-state index contributed by atoms with van der Waals surface area (Å²) >= 11 is 0. The predicted octanol–water partition coefficient (Wildman–Crippen LogP) is 2.25. The molecule has 0 aliphatic carbocycles. The second-order valence-corrected chi connectivity index (χ2v) is 6.44. The Morgan fingerprint density at radius 3 is 2.19 bits per heavy atom. The molecule has 0 radical (unpaired) electrons. The van der Waals surface area contributed by atoms with E-state index in [2.05, 4.69) is 0 Å². The van der Waals surface area contributed by atoms with Crippen LogP contribution < -0.4 is 0 Å². The molecule has 0 spiro atoms. The number of imide groups is 1. The van der Waals surface area contributed by atoms with Crippen molar-refractivity contribution in [2.24, 2.45) is 0 Å². The van der Waals surface area contributed by atoms with E-state index in [0.29, 0.717) is 17.7 Å². The van der Waals surface area contributed by atoms with Gasteiger partial charge in [-0.1, -0.05) is 25.5 Å². The third kappa shape index (κ3) is 4.53. The van der Waals surface area contributed by atoms with Gasteiger partial charge in [0.2, 0.25) is 5.91 Å². The lowest BCUT2D eigenvalue weighted by atomic mass is 10.1. The molecule has 0 bridgehead atoms. The maximum absolute atomic E-state index is 13.0. The van der Waals surface area contributed by atoms with Crippen molar-refractivity contribution in [3.63, 3.8) is 0 Å². The topological polar surface area (TPSA) is 84.0 Å². The number of esters is 1. The van der Waals surface area contributed by atoms with E-state index in [1.807, 2.05) is 6.92 Å². The predicted molar refractivity (Wildman–Crippen MR) is 99.1 cm³/mol. The molecule has 1 heterocycles. The van der Waals surface area contributed by atoms with Crippen LogP contribution in [-0.4, -0.2) is 59.2 Å². The molecule has 1 atom stereocenters. The number of fused-ring (bicyclic) bond motifs is 1. The average Bonchev–Trinajstić information content (AvgIpc) is 2.92. The van der Waals surface area contributed by atoms with Gasteiger partial charge in [0.25, 0.3) is 11.8 Å². The molecule has 1 aliphatic heterocycles. The van der Waals surface area contributed by atoms with Gasteiger partial charge in [-0.05, 0) is 32.4 Å². The number of nitrogens with zero attached hydrogens (tertiary/aromatic N) is 2. The summed E-state index contributed by atoms with van der Waals surface area (Å²) in [5.41, 5.74) is 0.627. The Hall–Kier alpha value is -2.70. The molecule has 0 saturated heterocycles. The highest BCUT2D eigenvalue weighted by Gasteiger charge is 2.41. The van der Waals surface area contributed by atoms with Gasteiger partial charge < -0.3 is 9.64 Å². The Morgan fingerprint density at radius 2 is 1.67 bits per heavy atom. The van der Waals surface area contributed by atoms with Gasteiger partial charge in [-0.25, -0.2) is 0 Å². The molecule has 2 rings (SSSR count). The Morgan fingerprint density at radius 1 is 1.07 bits per heavy atom. The monoisotopic (exact) mass is 374 g/mol. The van der Waals surface area contributed by atoms with Crippen molar-refractivity contribution in [2.45, 2.75) is 46.1 Å². The van der Waals surface area contributed by atoms with Crippen LogP contribution in [-0.2, 0) is 14.3 Å². The fourth-order valence-electron chi connectivity index (χ4n) is 3.07. The van der Waals surface area contributed by atoms with Crippen LogP contribution in [0.4, 0.5) is 0 Å². The van der Waals surface area contributed by atoms with Gasteiger partial charge >= 0.3 is 5.97 Å². The number of amides is 3. The first-order valence-corrected chi connectivity index (χ1v) is 9.33. The smallest absolute Gasteiger partial charge is 0.307 e. The van der Waals surface area contributed by atoms with Crippen molar-refractivity contribution < 1.29 is 23.9 Å². The minimum absolute atomic E-state index is 0.0815. The Labute approximate surface area is 159 Å². The second-order valence-electron chi connectivity index (χ2n) is 6.44. The van der Waals surface area contributed by atoms with Crippen LogP contribution in [0.2, 0.25) is 0 Å². The van der Waals surface area contributed by atoms with Crippen LogP contribution in [0, 0.1) is 0 Å². The van der Waals surface area contributed by atoms with E-state index < -0.39 is 17.9 Å². The van der Waals surface area contributed by atoms with E-state index in [1.54, 1.807) is 38.1 Å². The van der Waals surface area contributed by atoms with Crippen molar-refractivity contribution in [3.8, 4) is 0 Å². The molecule has 0 saturated carbocycles. The number of carbonyl (C=O) groups is 4. The molecule has 0 N–H and O–H groups in total. The van der Waals surface area contributed by atoms with Crippen molar-refractivity contribution >= 4 is 23.7 Å². The molecule has 1 aromatic carbocycles. The summed E-state index contributed by atoms with van der Waals surface area (Å²) in [4.78, 5) is 52.4. The number of benzene rings is 1. The maximum atomic E-state index is 13.0. The average molecular weight is 374 g/mol. The van der Waals surface area contributed by atoms with Crippen LogP contribution in [0.1, 0.15) is 60.7 Å². The molecule has 7 nitrogen and oxygen atoms in total. The standard InChI is InChI=1S/C20H26N2O5/c1-4-6-12-21(13-11-17(23)27-5-2)18(24)14(3)22-19(25)15-9-7-8-10-16(15)20(22)26/h7-10,14H,4-6,11-13H2,1-3H3. The fraction of sp³-hybridized carbons (Fsp3) is 0.500. The van der Waals surface area contributed by atoms with Gasteiger partial charge in [-0.15, -0.1) is 0 Å². The first-order valence-electron chi connectivity index (χ1n) is 9.33. The van der Waals surface area contributed by atoms with Crippen molar-refractivity contribution in [2.75, 3.05) is 19.7 Å². The van der Waals surface area contributed by atoms with Gasteiger partial charge in [-0.2, -0.15) is 0 Å². The second kappa shape index (κ2) is 9.30. The number of hydrogen-bond donors (Lipinski definition) is 0. The molecule has 3 amide bonds. The van der Waals surface area contributed by atoms with E-state index in [4.69, 9.17) is 4.74 Å². The summed E-state index contributed by atoms with van der Waals surface area (Å²) < 4.78 is 4.92. The summed E-state index contributed by atoms with van der Waals surface area (Å²) in [6.07, 6.45) is 1.73. The van der Waals surface area contributed by atoms with Gasteiger partial charge in [0.05, 0.1) is 24.2 Å². The zero-order valence-corrected chi connectivity index (χ0v) is 16.1. The van der Waals surface area contributed by atoms with Crippen molar-refractivity contribution in [3.05, 3.63) is 35.4 Å². The summed E-state index contributed by atoms with van der Waals surface area (Å²) in [7, 11) is 0. The number of ether oxygens (including phenoxy) is 1. The summed E-state index contributed by atoms with van der Waals surface area (Å²) in [6.45, 7) is 6.22. The van der Waals surface area contributed by atoms with Crippen molar-refractivity contribution in [1.29, 1.82) is 0 Å². The zero-order chi connectivity index (χ0) is 20.0. The molecule has 0 fully saturated rings. The first kappa shape index (κ1) is 20.6. The van der Waals surface area contributed by atoms with Crippen LogP contribution in [0.5, 0.6) is 0 Å². The van der Waals surface area contributed by atoms with Crippen LogP contribution in [0.3, 0.4) is 0 Å². The molecule has 146 valence electrons. The largest absolute Gasteiger partial charge is 0.466 e. The van der Waals surface area contributed by atoms with Crippen LogP contribution in [0.15, 0.2) is 24.3 Å². The third-order valence-corrected chi connectivity index (χ3v) is 4.55. The fourth-order valence-corrected chi connectivity index (χ4v) is 3.07. The maximum Gasteiger partial charge on any atom is 0.307 e. The zero-order valence-electron chi connectivity index (χ0n) is 16.1. The molecule has 1 unspecified atom stereocenters. The van der Waals surface area contributed by atoms with E-state index in [-0.39, 0.29) is 31.4 Å². The highest BCUT2D eigenvalue weighted by molar-refractivity contribution is 6.22. The molecule has 0 aromatic heterocycles. The number of carbonyl (C=O) groups excluding carboxylic acids is 4. The Bertz CT molecular complexity index is 696. The van der Waals surface area contributed by atoms with Crippen molar-refractivity contribution in [1.82, 2.24) is 9.80 Å². The third-order valence-electron chi connectivity index (χ3n) is 4.55. The lowest BCUT2D eigenvalue weighted by Crippen LogP contribution is -2.50. The first-order chi connectivity index (χ1) is 12.9. The normalized spacial score (nSPS) is 14.1. The lowest BCUT2D eigenvalue weighted by molar-refractivity contribution is -0.144. The highest BCUT2D eigenvalue weighted by Crippen LogP contribution is 2.25. The molecular weight excluding hydrogens is 348 g/mol. The minimum Gasteiger partial charge on any atom is -0.466 e. The van der Waals surface area contributed by atoms with Crippen LogP contribution >= 0.6 is 0 Å². The summed E-state index contributed by atoms with van der Waals surface area (Å²) in [5.74, 6) is -1.64. The molecule has 1 aliphatic rings. The van der Waals surface area contributed by atoms with Gasteiger partial charge in [-0.3, -0.25) is 24.1 Å². The molecule has 1 aromatic rings. The van der Waals surface area contributed by atoms with Gasteiger partial charge in [0.15, 0.2) is 0 Å². The summed E-state index contributed by atoms with van der Waals surface area (Å²) in [5, 5.41) is 0. The number of hydrogen-bond acceptors (Lipinski definition) is 5.